The van der Waals surface area contributed by atoms with Gasteiger partial charge in [0.1, 0.15) is 22.3 Å². The van der Waals surface area contributed by atoms with Crippen LogP contribution >= 0.6 is 0 Å². The van der Waals surface area contributed by atoms with Gasteiger partial charge in [0.2, 0.25) is 0 Å². The van der Waals surface area contributed by atoms with E-state index in [9.17, 15) is 0 Å². The number of hydrogen-bond acceptors (Lipinski definition) is 3. The molecule has 0 bridgehead atoms. The minimum Gasteiger partial charge on any atom is -0.456 e. The van der Waals surface area contributed by atoms with Gasteiger partial charge in [-0.25, -0.2) is 0 Å². The van der Waals surface area contributed by atoms with Gasteiger partial charge in [0.05, 0.1) is 11.1 Å². The lowest BCUT2D eigenvalue weighted by atomic mass is 9.86. The molecule has 3 heteroatoms. The van der Waals surface area contributed by atoms with Crippen molar-refractivity contribution in [3.8, 4) is 22.3 Å². The van der Waals surface area contributed by atoms with E-state index in [1.165, 1.54) is 16.7 Å². The fourth-order valence-electron chi connectivity index (χ4n) is 7.03. The van der Waals surface area contributed by atoms with E-state index in [1.807, 2.05) is 12.1 Å². The Morgan fingerprint density at radius 1 is 0.408 bits per heavy atom. The molecule has 2 aromatic heterocycles. The first-order valence-corrected chi connectivity index (χ1v) is 16.8. The molecule has 0 saturated carbocycles. The minimum atomic E-state index is 0.0152. The quantitative estimate of drug-likeness (QED) is 0.189. The summed E-state index contributed by atoms with van der Waals surface area (Å²) in [5.41, 5.74) is 12.8. The lowest BCUT2D eigenvalue weighted by molar-refractivity contribution is 0.590. The van der Waals surface area contributed by atoms with Crippen LogP contribution in [0.2, 0.25) is 0 Å². The molecule has 0 fully saturated rings. The van der Waals surface area contributed by atoms with Crippen LogP contribution in [0.4, 0.5) is 17.1 Å². The number of benzene rings is 7. The Morgan fingerprint density at radius 2 is 0.959 bits per heavy atom. The molecule has 9 aromatic rings. The van der Waals surface area contributed by atoms with E-state index in [2.05, 4.69) is 171 Å². The summed E-state index contributed by atoms with van der Waals surface area (Å²) in [4.78, 5) is 2.35. The molecule has 49 heavy (non-hydrogen) atoms. The van der Waals surface area contributed by atoms with Crippen LogP contribution in [0.3, 0.4) is 0 Å². The second kappa shape index (κ2) is 11.3. The molecule has 0 atom stereocenters. The van der Waals surface area contributed by atoms with Crippen molar-refractivity contribution in [3.05, 3.63) is 163 Å². The van der Waals surface area contributed by atoms with Crippen molar-refractivity contribution in [2.24, 2.45) is 0 Å². The molecular formula is C46H35NO2. The van der Waals surface area contributed by atoms with Crippen LogP contribution in [0.15, 0.2) is 167 Å². The normalized spacial score (nSPS) is 12.0. The SMILES string of the molecule is CC(C)(C)c1ccc2oc3cccc(N(c4ccc(-c5ccccc5)cc4)c4ccc(-c5ccc6oc7ccccc7c6c5)cc4)c3c2c1. The average Bonchev–Trinajstić information content (AvgIpc) is 3.70. The predicted octanol–water partition coefficient (Wildman–Crippen LogP) is 13.6. The third-order valence-electron chi connectivity index (χ3n) is 9.65. The van der Waals surface area contributed by atoms with E-state index < -0.39 is 0 Å². The summed E-state index contributed by atoms with van der Waals surface area (Å²) in [7, 11) is 0. The molecule has 0 aliphatic heterocycles. The number of nitrogens with zero attached hydrogens (tertiary/aromatic N) is 1. The molecule has 7 aromatic carbocycles. The van der Waals surface area contributed by atoms with Crippen molar-refractivity contribution in [2.45, 2.75) is 26.2 Å². The highest BCUT2D eigenvalue weighted by Gasteiger charge is 2.22. The second-order valence-electron chi connectivity index (χ2n) is 13.8. The zero-order valence-electron chi connectivity index (χ0n) is 27.8. The maximum atomic E-state index is 6.46. The highest BCUT2D eigenvalue weighted by Crippen LogP contribution is 2.44. The van der Waals surface area contributed by atoms with E-state index in [4.69, 9.17) is 8.83 Å². The Morgan fingerprint density at radius 3 is 1.69 bits per heavy atom. The highest BCUT2D eigenvalue weighted by molar-refractivity contribution is 6.13. The minimum absolute atomic E-state index is 0.0152. The molecule has 0 amide bonds. The molecule has 236 valence electrons. The van der Waals surface area contributed by atoms with Crippen LogP contribution in [0, 0.1) is 0 Å². The van der Waals surface area contributed by atoms with Crippen molar-refractivity contribution >= 4 is 60.9 Å². The molecule has 0 saturated heterocycles. The second-order valence-corrected chi connectivity index (χ2v) is 13.8. The summed E-state index contributed by atoms with van der Waals surface area (Å²) >= 11 is 0. The zero-order valence-corrected chi connectivity index (χ0v) is 27.8. The first-order chi connectivity index (χ1) is 23.9. The van der Waals surface area contributed by atoms with Crippen molar-refractivity contribution < 1.29 is 8.83 Å². The maximum absolute atomic E-state index is 6.46. The molecule has 0 aliphatic rings. The van der Waals surface area contributed by atoms with Crippen molar-refractivity contribution in [2.75, 3.05) is 4.90 Å². The molecule has 0 unspecified atom stereocenters. The van der Waals surface area contributed by atoms with Crippen LogP contribution in [0.25, 0.3) is 66.1 Å². The number of hydrogen-bond donors (Lipinski definition) is 0. The lowest BCUT2D eigenvalue weighted by Gasteiger charge is -2.27. The fourth-order valence-corrected chi connectivity index (χ4v) is 7.03. The third-order valence-corrected chi connectivity index (χ3v) is 9.65. The monoisotopic (exact) mass is 633 g/mol. The van der Waals surface area contributed by atoms with Crippen molar-refractivity contribution in [1.82, 2.24) is 0 Å². The first-order valence-electron chi connectivity index (χ1n) is 16.8. The lowest BCUT2D eigenvalue weighted by Crippen LogP contribution is -2.11. The topological polar surface area (TPSA) is 29.5 Å². The van der Waals surface area contributed by atoms with Gasteiger partial charge in [-0.05, 0) is 100.0 Å². The van der Waals surface area contributed by atoms with E-state index in [0.29, 0.717) is 0 Å². The van der Waals surface area contributed by atoms with E-state index in [1.54, 1.807) is 0 Å². The Labute approximate surface area is 285 Å². The van der Waals surface area contributed by atoms with Gasteiger partial charge in [-0.1, -0.05) is 112 Å². The van der Waals surface area contributed by atoms with Crippen LogP contribution in [0.5, 0.6) is 0 Å². The number of fused-ring (bicyclic) bond motifs is 6. The van der Waals surface area contributed by atoms with Crippen LogP contribution < -0.4 is 4.90 Å². The third kappa shape index (κ3) is 5.06. The number of anilines is 3. The maximum Gasteiger partial charge on any atom is 0.137 e. The van der Waals surface area contributed by atoms with E-state index in [0.717, 1.165) is 72.1 Å². The van der Waals surface area contributed by atoms with Gasteiger partial charge in [0.25, 0.3) is 0 Å². The number of furan rings is 2. The van der Waals surface area contributed by atoms with Crippen LogP contribution in [0.1, 0.15) is 26.3 Å². The predicted molar refractivity (Wildman–Crippen MR) is 205 cm³/mol. The summed E-state index contributed by atoms with van der Waals surface area (Å²) in [6, 6.07) is 55.9. The van der Waals surface area contributed by atoms with Gasteiger partial charge < -0.3 is 13.7 Å². The molecule has 0 radical (unpaired) electrons. The summed E-state index contributed by atoms with van der Waals surface area (Å²) in [6.45, 7) is 6.77. The summed E-state index contributed by atoms with van der Waals surface area (Å²) in [5, 5.41) is 4.50. The molecule has 0 aliphatic carbocycles. The van der Waals surface area contributed by atoms with Gasteiger partial charge in [-0.2, -0.15) is 0 Å². The number of para-hydroxylation sites is 1. The van der Waals surface area contributed by atoms with Gasteiger partial charge in [0.15, 0.2) is 0 Å². The summed E-state index contributed by atoms with van der Waals surface area (Å²) in [5.74, 6) is 0. The molecular weight excluding hydrogens is 599 g/mol. The molecule has 0 N–H and O–H groups in total. The van der Waals surface area contributed by atoms with Crippen molar-refractivity contribution in [1.29, 1.82) is 0 Å². The number of rotatable bonds is 5. The summed E-state index contributed by atoms with van der Waals surface area (Å²) in [6.07, 6.45) is 0. The average molecular weight is 634 g/mol. The Bertz CT molecular complexity index is 2620. The molecule has 0 spiro atoms. The van der Waals surface area contributed by atoms with E-state index in [-0.39, 0.29) is 5.41 Å². The van der Waals surface area contributed by atoms with Crippen LogP contribution in [-0.4, -0.2) is 0 Å². The standard InChI is InChI=1S/C46H35NO2/c1-46(2,3)34-21-27-43-39(29-34)45-40(13-9-15-44(45)49-43)47(35-22-16-31(17-23-35)30-10-5-4-6-11-30)36-24-18-32(19-25-36)33-20-26-42-38(28-33)37-12-7-8-14-41(37)48-42/h4-29H,1-3H3. The van der Waals surface area contributed by atoms with Crippen LogP contribution in [-0.2, 0) is 5.41 Å². The Balaban J connectivity index is 1.20. The van der Waals surface area contributed by atoms with Gasteiger partial charge in [-0.15, -0.1) is 0 Å². The Hall–Kier alpha value is -6.06. The molecule has 9 rings (SSSR count). The molecule has 2 heterocycles. The van der Waals surface area contributed by atoms with Crippen molar-refractivity contribution in [3.63, 3.8) is 0 Å². The first kappa shape index (κ1) is 29.1. The van der Waals surface area contributed by atoms with E-state index >= 15 is 0 Å². The molecule has 3 nitrogen and oxygen atoms in total. The Kier molecular flexibility index (Phi) is 6.70. The zero-order chi connectivity index (χ0) is 33.1. The largest absolute Gasteiger partial charge is 0.456 e. The smallest absolute Gasteiger partial charge is 0.137 e. The summed E-state index contributed by atoms with van der Waals surface area (Å²) < 4.78 is 12.6. The fraction of sp³-hybridized carbons (Fsp3) is 0.0870. The highest BCUT2D eigenvalue weighted by atomic mass is 16.3. The van der Waals surface area contributed by atoms with Gasteiger partial charge >= 0.3 is 0 Å². The van der Waals surface area contributed by atoms with Gasteiger partial charge in [-0.3, -0.25) is 0 Å². The van der Waals surface area contributed by atoms with Gasteiger partial charge in [0, 0.05) is 27.5 Å².